The first kappa shape index (κ1) is 10.6. The molecule has 0 bridgehead atoms. The highest BCUT2D eigenvalue weighted by Crippen LogP contribution is 2.42. The highest BCUT2D eigenvalue weighted by Gasteiger charge is 2.16. The van der Waals surface area contributed by atoms with Gasteiger partial charge >= 0.3 is 7.60 Å². The maximum atomic E-state index is 11.0. The quantitative estimate of drug-likeness (QED) is 0.497. The van der Waals surface area contributed by atoms with Gasteiger partial charge in [-0.25, -0.2) is 0 Å². The Kier molecular flexibility index (Phi) is 5.12. The Labute approximate surface area is 66.9 Å². The summed E-state index contributed by atoms with van der Waals surface area (Å²) in [6.07, 6.45) is 3.65. The fraction of sp³-hybridized carbons (Fsp3) is 0.429. The molecule has 0 spiro atoms. The molecule has 0 aromatic carbocycles. The van der Waals surface area contributed by atoms with Crippen LogP contribution >= 0.6 is 7.60 Å². The van der Waals surface area contributed by atoms with E-state index < -0.39 is 7.60 Å². The van der Waals surface area contributed by atoms with E-state index in [1.54, 1.807) is 6.08 Å². The lowest BCUT2D eigenvalue weighted by Gasteiger charge is -2.08. The first-order chi connectivity index (χ1) is 5.12. The van der Waals surface area contributed by atoms with Crippen LogP contribution in [0.3, 0.4) is 0 Å². The molecular formula is C7H13O3P. The summed E-state index contributed by atoms with van der Waals surface area (Å²) >= 11 is 0. The van der Waals surface area contributed by atoms with Gasteiger partial charge in [0.1, 0.15) is 0 Å². The predicted octanol–water partition coefficient (Wildman–Crippen LogP) is 1.95. The monoisotopic (exact) mass is 176 g/mol. The molecule has 1 atom stereocenters. The van der Waals surface area contributed by atoms with E-state index in [0.717, 1.165) is 0 Å². The van der Waals surface area contributed by atoms with Crippen LogP contribution in [0.1, 0.15) is 6.42 Å². The van der Waals surface area contributed by atoms with Gasteiger partial charge in [0.15, 0.2) is 0 Å². The van der Waals surface area contributed by atoms with Crippen LogP contribution < -0.4 is 0 Å². The fourth-order valence-electron chi connectivity index (χ4n) is 0.488. The normalized spacial score (nSPS) is 15.4. The van der Waals surface area contributed by atoms with Crippen molar-refractivity contribution >= 4 is 7.60 Å². The molecule has 11 heavy (non-hydrogen) atoms. The van der Waals surface area contributed by atoms with Gasteiger partial charge in [-0.05, 0) is 6.42 Å². The average molecular weight is 176 g/mol. The van der Waals surface area contributed by atoms with Gasteiger partial charge in [0.2, 0.25) is 0 Å². The molecule has 0 heterocycles. The third-order valence-electron chi connectivity index (χ3n) is 1.01. The maximum absolute atomic E-state index is 11.0. The van der Waals surface area contributed by atoms with Crippen LogP contribution in [0.2, 0.25) is 0 Å². The van der Waals surface area contributed by atoms with Crippen molar-refractivity contribution in [2.45, 2.75) is 6.42 Å². The first-order valence-corrected chi connectivity index (χ1v) is 5.07. The van der Waals surface area contributed by atoms with E-state index in [4.69, 9.17) is 4.89 Å². The van der Waals surface area contributed by atoms with Crippen molar-refractivity contribution in [1.82, 2.24) is 0 Å². The van der Waals surface area contributed by atoms with Gasteiger partial charge in [-0.3, -0.25) is 4.57 Å². The predicted molar refractivity (Wildman–Crippen MR) is 45.7 cm³/mol. The topological polar surface area (TPSA) is 46.5 Å². The van der Waals surface area contributed by atoms with Crippen LogP contribution in [0.5, 0.6) is 0 Å². The Hall–Kier alpha value is -0.370. The van der Waals surface area contributed by atoms with E-state index in [1.807, 2.05) is 0 Å². The zero-order valence-corrected chi connectivity index (χ0v) is 7.30. The summed E-state index contributed by atoms with van der Waals surface area (Å²) in [7, 11) is -3.37. The minimum Gasteiger partial charge on any atom is -0.324 e. The molecule has 0 rings (SSSR count). The second-order valence-electron chi connectivity index (χ2n) is 2.02. The maximum Gasteiger partial charge on any atom is 0.328 e. The van der Waals surface area contributed by atoms with Gasteiger partial charge in [-0.1, -0.05) is 12.2 Å². The Morgan fingerprint density at radius 1 is 1.45 bits per heavy atom. The van der Waals surface area contributed by atoms with E-state index in [1.165, 1.54) is 6.08 Å². The SMILES string of the molecule is C=CCCP(=O)(O)OCC=C. The molecular weight excluding hydrogens is 163 g/mol. The molecule has 0 aliphatic rings. The number of allylic oxidation sites excluding steroid dienone is 1. The zero-order valence-electron chi connectivity index (χ0n) is 6.40. The second-order valence-corrected chi connectivity index (χ2v) is 4.00. The van der Waals surface area contributed by atoms with E-state index in [0.29, 0.717) is 6.42 Å². The summed E-state index contributed by atoms with van der Waals surface area (Å²) in [6, 6.07) is 0. The minimum atomic E-state index is -3.37. The van der Waals surface area contributed by atoms with Gasteiger partial charge in [-0.2, -0.15) is 0 Å². The molecule has 0 aliphatic carbocycles. The van der Waals surface area contributed by atoms with E-state index in [-0.39, 0.29) is 12.8 Å². The summed E-state index contributed by atoms with van der Waals surface area (Å²) in [5.74, 6) is 0. The highest BCUT2D eigenvalue weighted by atomic mass is 31.2. The summed E-state index contributed by atoms with van der Waals surface area (Å²) in [4.78, 5) is 9.01. The van der Waals surface area contributed by atoms with Crippen molar-refractivity contribution in [2.24, 2.45) is 0 Å². The smallest absolute Gasteiger partial charge is 0.324 e. The Morgan fingerprint density at radius 2 is 2.09 bits per heavy atom. The summed E-state index contributed by atoms with van der Waals surface area (Å²) < 4.78 is 15.6. The zero-order chi connectivity index (χ0) is 8.74. The molecule has 1 N–H and O–H groups in total. The Bertz CT molecular complexity index is 161. The third-order valence-corrected chi connectivity index (χ3v) is 2.39. The molecule has 0 aliphatic heterocycles. The Morgan fingerprint density at radius 3 is 2.55 bits per heavy atom. The molecule has 0 saturated heterocycles. The molecule has 64 valence electrons. The van der Waals surface area contributed by atoms with Crippen LogP contribution in [0.25, 0.3) is 0 Å². The molecule has 0 aromatic rings. The molecule has 0 amide bonds. The lowest BCUT2D eigenvalue weighted by Crippen LogP contribution is -1.93. The summed E-state index contributed by atoms with van der Waals surface area (Å²) in [6.45, 7) is 6.92. The van der Waals surface area contributed by atoms with Crippen molar-refractivity contribution in [1.29, 1.82) is 0 Å². The van der Waals surface area contributed by atoms with Gasteiger partial charge in [0.05, 0.1) is 12.8 Å². The molecule has 0 aromatic heterocycles. The van der Waals surface area contributed by atoms with Crippen molar-refractivity contribution in [3.63, 3.8) is 0 Å². The van der Waals surface area contributed by atoms with E-state index in [9.17, 15) is 4.57 Å². The standard InChI is InChI=1S/C7H13O3P/c1-3-5-7-11(8,9)10-6-4-2/h3-4H,1-2,5-7H2,(H,8,9). The van der Waals surface area contributed by atoms with Crippen LogP contribution in [-0.2, 0) is 9.09 Å². The third kappa shape index (κ3) is 6.05. The molecule has 1 unspecified atom stereocenters. The lowest BCUT2D eigenvalue weighted by molar-refractivity contribution is 0.287. The molecule has 0 radical (unpaired) electrons. The van der Waals surface area contributed by atoms with Crippen LogP contribution in [0.4, 0.5) is 0 Å². The minimum absolute atomic E-state index is 0.116. The molecule has 3 nitrogen and oxygen atoms in total. The lowest BCUT2D eigenvalue weighted by atomic mass is 10.5. The highest BCUT2D eigenvalue weighted by molar-refractivity contribution is 7.52. The van der Waals surface area contributed by atoms with Gasteiger partial charge in [0.25, 0.3) is 0 Å². The van der Waals surface area contributed by atoms with Gasteiger partial charge in [-0.15, -0.1) is 13.2 Å². The molecule has 0 fully saturated rings. The number of rotatable bonds is 6. The van der Waals surface area contributed by atoms with Gasteiger partial charge < -0.3 is 9.42 Å². The largest absolute Gasteiger partial charge is 0.328 e. The fourth-order valence-corrected chi connectivity index (χ4v) is 1.46. The van der Waals surface area contributed by atoms with E-state index in [2.05, 4.69) is 17.7 Å². The Balaban J connectivity index is 3.69. The molecule has 4 heteroatoms. The van der Waals surface area contributed by atoms with Crippen LogP contribution in [0, 0.1) is 0 Å². The van der Waals surface area contributed by atoms with Crippen LogP contribution in [0.15, 0.2) is 25.3 Å². The number of hydrogen-bond donors (Lipinski definition) is 1. The second kappa shape index (κ2) is 5.30. The summed E-state index contributed by atoms with van der Waals surface area (Å²) in [5, 5.41) is 0. The summed E-state index contributed by atoms with van der Waals surface area (Å²) in [5.41, 5.74) is 0. The molecule has 0 saturated carbocycles. The van der Waals surface area contributed by atoms with E-state index >= 15 is 0 Å². The number of hydrogen-bond acceptors (Lipinski definition) is 2. The van der Waals surface area contributed by atoms with Crippen molar-refractivity contribution in [2.75, 3.05) is 12.8 Å². The first-order valence-electron chi connectivity index (χ1n) is 3.30. The average Bonchev–Trinajstić information content (AvgIpc) is 1.97. The van der Waals surface area contributed by atoms with Crippen molar-refractivity contribution < 1.29 is 14.0 Å². The van der Waals surface area contributed by atoms with Crippen molar-refractivity contribution in [3.8, 4) is 0 Å². The van der Waals surface area contributed by atoms with Gasteiger partial charge in [0, 0.05) is 0 Å². The van der Waals surface area contributed by atoms with Crippen molar-refractivity contribution in [3.05, 3.63) is 25.3 Å². The van der Waals surface area contributed by atoms with Crippen LogP contribution in [-0.4, -0.2) is 17.7 Å².